The molecule has 1 aliphatic rings. The molecule has 0 radical (unpaired) electrons. The Bertz CT molecular complexity index is 1530. The highest BCUT2D eigenvalue weighted by Crippen LogP contribution is 2.49. The highest BCUT2D eigenvalue weighted by molar-refractivity contribution is 5.93. The average molecular weight is 490 g/mol. The fourth-order valence-electron chi connectivity index (χ4n) is 4.51. The summed E-state index contributed by atoms with van der Waals surface area (Å²) in [6.07, 6.45) is -0.0569. The molecule has 9 nitrogen and oxygen atoms in total. The van der Waals surface area contributed by atoms with Crippen LogP contribution in [0.1, 0.15) is 23.5 Å². The minimum Gasteiger partial charge on any atom is -0.508 e. The lowest BCUT2D eigenvalue weighted by molar-refractivity contribution is -0.135. The summed E-state index contributed by atoms with van der Waals surface area (Å²) in [6, 6.07) is 12.1. The van der Waals surface area contributed by atoms with Crippen LogP contribution in [-0.2, 0) is 4.79 Å². The van der Waals surface area contributed by atoms with Gasteiger partial charge in [-0.2, -0.15) is 0 Å². The number of phenols is 2. The van der Waals surface area contributed by atoms with Crippen LogP contribution in [0.15, 0.2) is 57.7 Å². The van der Waals surface area contributed by atoms with E-state index in [0.717, 1.165) is 0 Å². The van der Waals surface area contributed by atoms with Crippen LogP contribution < -0.4 is 24.4 Å². The van der Waals surface area contributed by atoms with E-state index >= 15 is 0 Å². The van der Waals surface area contributed by atoms with E-state index < -0.39 is 17.3 Å². The Hall–Kier alpha value is -4.66. The molecule has 1 atom stereocenters. The Morgan fingerprint density at radius 1 is 0.889 bits per heavy atom. The summed E-state index contributed by atoms with van der Waals surface area (Å²) in [5, 5.41) is 20.2. The number of aromatic hydroxyl groups is 2. The van der Waals surface area contributed by atoms with Crippen molar-refractivity contribution in [2.75, 3.05) is 21.3 Å². The normalized spacial score (nSPS) is 14.8. The molecule has 0 saturated heterocycles. The maximum atomic E-state index is 13.1. The summed E-state index contributed by atoms with van der Waals surface area (Å²) >= 11 is 0. The molecule has 184 valence electrons. The van der Waals surface area contributed by atoms with Crippen molar-refractivity contribution in [3.8, 4) is 45.8 Å². The molecule has 0 amide bonds. The van der Waals surface area contributed by atoms with Gasteiger partial charge in [0.1, 0.15) is 34.0 Å². The number of fused-ring (bicyclic) bond motifs is 3. The van der Waals surface area contributed by atoms with Gasteiger partial charge in [-0.25, -0.2) is 0 Å². The number of benzene rings is 3. The minimum absolute atomic E-state index is 0.0355. The molecular formula is C27H22O9. The van der Waals surface area contributed by atoms with Crippen molar-refractivity contribution >= 4 is 16.9 Å². The lowest BCUT2D eigenvalue weighted by atomic mass is 9.84. The number of ether oxygens (including phenoxy) is 4. The van der Waals surface area contributed by atoms with E-state index in [1.165, 1.54) is 45.6 Å². The van der Waals surface area contributed by atoms with Crippen LogP contribution in [0.25, 0.3) is 22.3 Å². The predicted octanol–water partition coefficient (Wildman–Crippen LogP) is 4.34. The lowest BCUT2D eigenvalue weighted by Gasteiger charge is -2.27. The summed E-state index contributed by atoms with van der Waals surface area (Å²) in [5.41, 5.74) is 1.22. The summed E-state index contributed by atoms with van der Waals surface area (Å²) in [6.45, 7) is 0. The van der Waals surface area contributed by atoms with Gasteiger partial charge >= 0.3 is 5.97 Å². The maximum absolute atomic E-state index is 13.1. The van der Waals surface area contributed by atoms with E-state index in [1.54, 1.807) is 24.3 Å². The first-order chi connectivity index (χ1) is 17.3. The molecule has 9 heteroatoms. The van der Waals surface area contributed by atoms with Gasteiger partial charge in [-0.05, 0) is 42.0 Å². The first-order valence-corrected chi connectivity index (χ1v) is 11.0. The Labute approximate surface area is 205 Å². The molecule has 3 aromatic carbocycles. The molecule has 0 unspecified atom stereocenters. The Kier molecular flexibility index (Phi) is 5.68. The topological polar surface area (TPSA) is 125 Å². The Morgan fingerprint density at radius 2 is 1.56 bits per heavy atom. The predicted molar refractivity (Wildman–Crippen MR) is 129 cm³/mol. The van der Waals surface area contributed by atoms with Gasteiger partial charge in [0, 0.05) is 29.2 Å². The monoisotopic (exact) mass is 490 g/mol. The molecule has 1 aromatic heterocycles. The van der Waals surface area contributed by atoms with E-state index in [-0.39, 0.29) is 40.4 Å². The molecule has 0 aliphatic carbocycles. The van der Waals surface area contributed by atoms with E-state index in [4.69, 9.17) is 23.4 Å². The second-order valence-corrected chi connectivity index (χ2v) is 8.22. The van der Waals surface area contributed by atoms with E-state index in [2.05, 4.69) is 0 Å². The van der Waals surface area contributed by atoms with Crippen molar-refractivity contribution in [2.45, 2.75) is 12.3 Å². The molecule has 0 spiro atoms. The van der Waals surface area contributed by atoms with Gasteiger partial charge in [0.25, 0.3) is 0 Å². The Morgan fingerprint density at radius 3 is 2.17 bits per heavy atom. The fraction of sp³-hybridized carbons (Fsp3) is 0.185. The zero-order valence-corrected chi connectivity index (χ0v) is 19.7. The van der Waals surface area contributed by atoms with Gasteiger partial charge in [-0.1, -0.05) is 0 Å². The Balaban J connectivity index is 1.81. The van der Waals surface area contributed by atoms with Crippen LogP contribution in [-0.4, -0.2) is 37.5 Å². The fourth-order valence-corrected chi connectivity index (χ4v) is 4.51. The van der Waals surface area contributed by atoms with Crippen molar-refractivity contribution in [3.63, 3.8) is 0 Å². The number of hydrogen-bond acceptors (Lipinski definition) is 9. The third-order valence-corrected chi connectivity index (χ3v) is 6.17. The second kappa shape index (κ2) is 8.84. The van der Waals surface area contributed by atoms with Crippen LogP contribution >= 0.6 is 0 Å². The van der Waals surface area contributed by atoms with Gasteiger partial charge in [0.05, 0.1) is 27.8 Å². The van der Waals surface area contributed by atoms with Crippen molar-refractivity contribution in [1.29, 1.82) is 0 Å². The molecule has 36 heavy (non-hydrogen) atoms. The standard InChI is InChI=1S/C27H22O9/c1-32-21-8-14(9-22(33-2)26(21)34-3)16-10-23(31)35-20-12-18(30)25-17(29)11-19(36-27(25)24(16)20)13-4-6-15(28)7-5-13/h4-9,11-12,16,28,30H,10H2,1-3H3/t16-/m0/s1. The molecule has 5 rings (SSSR count). The van der Waals surface area contributed by atoms with Crippen LogP contribution in [0.4, 0.5) is 0 Å². The minimum atomic E-state index is -0.615. The first-order valence-electron chi connectivity index (χ1n) is 11.0. The van der Waals surface area contributed by atoms with Gasteiger partial charge in [0.15, 0.2) is 16.9 Å². The number of carbonyl (C=O) groups excluding carboxylic acids is 1. The third kappa shape index (κ3) is 3.74. The number of rotatable bonds is 5. The largest absolute Gasteiger partial charge is 0.508 e. The van der Waals surface area contributed by atoms with E-state index in [1.807, 2.05) is 0 Å². The molecular weight excluding hydrogens is 468 g/mol. The average Bonchev–Trinajstić information content (AvgIpc) is 2.87. The maximum Gasteiger partial charge on any atom is 0.312 e. The first kappa shape index (κ1) is 23.1. The summed E-state index contributed by atoms with van der Waals surface area (Å²) in [7, 11) is 4.46. The molecule has 0 bridgehead atoms. The lowest BCUT2D eigenvalue weighted by Crippen LogP contribution is -2.22. The van der Waals surface area contributed by atoms with E-state index in [0.29, 0.717) is 33.9 Å². The van der Waals surface area contributed by atoms with Crippen molar-refractivity contribution in [1.82, 2.24) is 0 Å². The van der Waals surface area contributed by atoms with Crippen molar-refractivity contribution in [3.05, 3.63) is 69.9 Å². The van der Waals surface area contributed by atoms with Crippen molar-refractivity contribution in [2.24, 2.45) is 0 Å². The molecule has 0 fully saturated rings. The van der Waals surface area contributed by atoms with Gasteiger partial charge < -0.3 is 33.6 Å². The van der Waals surface area contributed by atoms with Crippen LogP contribution in [0.3, 0.4) is 0 Å². The van der Waals surface area contributed by atoms with Crippen molar-refractivity contribution < 1.29 is 38.4 Å². The zero-order chi connectivity index (χ0) is 25.6. The zero-order valence-electron chi connectivity index (χ0n) is 19.7. The van der Waals surface area contributed by atoms with Gasteiger partial charge in [-0.15, -0.1) is 0 Å². The smallest absolute Gasteiger partial charge is 0.312 e. The number of methoxy groups -OCH3 is 3. The van der Waals surface area contributed by atoms with Crippen LogP contribution in [0, 0.1) is 0 Å². The molecule has 2 N–H and O–H groups in total. The highest BCUT2D eigenvalue weighted by atomic mass is 16.5. The summed E-state index contributed by atoms with van der Waals surface area (Å²) < 4.78 is 28.0. The van der Waals surface area contributed by atoms with Gasteiger partial charge in [-0.3, -0.25) is 9.59 Å². The second-order valence-electron chi connectivity index (χ2n) is 8.22. The molecule has 4 aromatic rings. The molecule has 0 saturated carbocycles. The SMILES string of the molecule is COc1cc([C@@H]2CC(=O)Oc3cc(O)c4c(=O)cc(-c5ccc(O)cc5)oc4c32)cc(OC)c1OC. The van der Waals surface area contributed by atoms with Crippen LogP contribution in [0.2, 0.25) is 0 Å². The highest BCUT2D eigenvalue weighted by Gasteiger charge is 2.34. The van der Waals surface area contributed by atoms with Gasteiger partial charge in [0.2, 0.25) is 5.75 Å². The number of carbonyl (C=O) groups is 1. The van der Waals surface area contributed by atoms with Crippen LogP contribution in [0.5, 0.6) is 34.5 Å². The molecule has 2 heterocycles. The molecule has 1 aliphatic heterocycles. The number of phenolic OH excluding ortho intramolecular Hbond substituents is 2. The summed E-state index contributed by atoms with van der Waals surface area (Å²) in [5.74, 6) is 0.0388. The summed E-state index contributed by atoms with van der Waals surface area (Å²) in [4.78, 5) is 25.7. The quantitative estimate of drug-likeness (QED) is 0.310. The third-order valence-electron chi connectivity index (χ3n) is 6.17. The number of hydrogen-bond donors (Lipinski definition) is 2. The van der Waals surface area contributed by atoms with E-state index in [9.17, 15) is 19.8 Å². The number of esters is 1.